The maximum absolute atomic E-state index is 8.99. The second-order valence-corrected chi connectivity index (χ2v) is 4.49. The van der Waals surface area contributed by atoms with Gasteiger partial charge in [0.25, 0.3) is 0 Å². The van der Waals surface area contributed by atoms with Gasteiger partial charge in [-0.2, -0.15) is 10.2 Å². The Morgan fingerprint density at radius 2 is 2.30 bits per heavy atom. The molecule has 0 saturated carbocycles. The third kappa shape index (κ3) is 2.24. The molecule has 2 heterocycles. The lowest BCUT2D eigenvalue weighted by atomic mass is 10.2. The molecule has 1 aromatic carbocycles. The van der Waals surface area contributed by atoms with Crippen molar-refractivity contribution < 1.29 is 4.52 Å². The lowest BCUT2D eigenvalue weighted by Crippen LogP contribution is -2.06. The quantitative estimate of drug-likeness (QED) is 0.688. The predicted octanol–water partition coefficient (Wildman–Crippen LogP) is 2.27. The zero-order chi connectivity index (χ0) is 13.9. The van der Waals surface area contributed by atoms with Crippen LogP contribution in [0.4, 0.5) is 0 Å². The fraction of sp³-hybridized carbons (Fsp3) is 0.231. The van der Waals surface area contributed by atoms with E-state index in [1.807, 2.05) is 16.7 Å². The fourth-order valence-corrected chi connectivity index (χ4v) is 2.31. The molecule has 0 unspecified atom stereocenters. The summed E-state index contributed by atoms with van der Waals surface area (Å²) < 4.78 is 6.70. The maximum Gasteiger partial charge on any atom is 0.213 e. The first-order valence-electron chi connectivity index (χ1n) is 6.02. The van der Waals surface area contributed by atoms with Crippen molar-refractivity contribution in [3.63, 3.8) is 0 Å². The fourth-order valence-electron chi connectivity index (χ4n) is 2.11. The molecule has 0 atom stereocenters. The van der Waals surface area contributed by atoms with E-state index in [-0.39, 0.29) is 0 Å². The number of halogens is 1. The lowest BCUT2D eigenvalue weighted by Gasteiger charge is -2.05. The van der Waals surface area contributed by atoms with E-state index in [1.54, 1.807) is 6.07 Å². The Labute approximate surface area is 119 Å². The highest BCUT2D eigenvalue weighted by Gasteiger charge is 2.11. The highest BCUT2D eigenvalue weighted by atomic mass is 35.5. The number of aryl methyl sites for hydroxylation is 2. The first-order chi connectivity index (χ1) is 9.81. The van der Waals surface area contributed by atoms with Crippen molar-refractivity contribution >= 4 is 22.6 Å². The number of nitrogens with zero attached hydrogens (tertiary/aromatic N) is 5. The van der Waals surface area contributed by atoms with Crippen molar-refractivity contribution in [2.24, 2.45) is 0 Å². The molecule has 0 aliphatic rings. The molecule has 2 aromatic heterocycles. The second kappa shape index (κ2) is 5.31. The van der Waals surface area contributed by atoms with Crippen molar-refractivity contribution in [1.82, 2.24) is 19.7 Å². The Morgan fingerprint density at radius 1 is 1.40 bits per heavy atom. The van der Waals surface area contributed by atoms with Crippen LogP contribution in [0.3, 0.4) is 0 Å². The molecular weight excluding hydrogens is 278 g/mol. The van der Waals surface area contributed by atoms with Gasteiger partial charge in [0.1, 0.15) is 5.82 Å². The van der Waals surface area contributed by atoms with Crippen LogP contribution in [0.1, 0.15) is 17.2 Å². The van der Waals surface area contributed by atoms with Crippen molar-refractivity contribution in [1.29, 1.82) is 5.26 Å². The number of hydrogen-bond donors (Lipinski definition) is 0. The van der Waals surface area contributed by atoms with Crippen LogP contribution in [0.2, 0.25) is 0 Å². The molecule has 7 heteroatoms. The molecule has 0 aliphatic carbocycles. The number of benzene rings is 1. The van der Waals surface area contributed by atoms with Gasteiger partial charge in [-0.1, -0.05) is 5.16 Å². The molecule has 3 aromatic rings. The molecule has 3 rings (SSSR count). The second-order valence-electron chi connectivity index (χ2n) is 4.23. The number of imidazole rings is 1. The average molecular weight is 288 g/mol. The van der Waals surface area contributed by atoms with Gasteiger partial charge in [-0.3, -0.25) is 0 Å². The normalized spacial score (nSPS) is 10.8. The Kier molecular flexibility index (Phi) is 3.35. The number of alkyl halides is 1. The number of hydrogen-bond acceptors (Lipinski definition) is 5. The molecule has 0 radical (unpaired) electrons. The topological polar surface area (TPSA) is 80.5 Å². The summed E-state index contributed by atoms with van der Waals surface area (Å²) in [5.74, 6) is 1.70. The van der Waals surface area contributed by atoms with Gasteiger partial charge in [0.15, 0.2) is 5.82 Å². The molecular formula is C13H10ClN5O. The Bertz CT molecular complexity index is 772. The van der Waals surface area contributed by atoms with Gasteiger partial charge in [0, 0.05) is 13.0 Å². The van der Waals surface area contributed by atoms with Crippen molar-refractivity contribution in [3.05, 3.63) is 41.8 Å². The van der Waals surface area contributed by atoms with Crippen LogP contribution in [0.25, 0.3) is 11.0 Å². The van der Waals surface area contributed by atoms with Crippen molar-refractivity contribution in [2.75, 3.05) is 0 Å². The SMILES string of the molecule is N#Cc1ccc2nc(CCl)n(CCc3ncon3)c2c1. The summed E-state index contributed by atoms with van der Waals surface area (Å²) in [4.78, 5) is 8.45. The summed E-state index contributed by atoms with van der Waals surface area (Å²) in [5.41, 5.74) is 2.32. The van der Waals surface area contributed by atoms with Crippen LogP contribution in [0.15, 0.2) is 29.1 Å². The largest absolute Gasteiger partial charge is 0.343 e. The zero-order valence-electron chi connectivity index (χ0n) is 10.5. The third-order valence-electron chi connectivity index (χ3n) is 3.04. The minimum atomic E-state index is 0.308. The van der Waals surface area contributed by atoms with Crippen molar-refractivity contribution in [3.8, 4) is 6.07 Å². The third-order valence-corrected chi connectivity index (χ3v) is 3.28. The van der Waals surface area contributed by atoms with E-state index in [2.05, 4.69) is 21.2 Å². The van der Waals surface area contributed by atoms with E-state index in [4.69, 9.17) is 21.4 Å². The number of nitriles is 1. The summed E-state index contributed by atoms with van der Waals surface area (Å²) in [6, 6.07) is 7.52. The summed E-state index contributed by atoms with van der Waals surface area (Å²) in [7, 11) is 0. The van der Waals surface area contributed by atoms with E-state index in [1.165, 1.54) is 6.39 Å². The number of rotatable bonds is 4. The van der Waals surface area contributed by atoms with E-state index in [0.717, 1.165) is 16.9 Å². The molecule has 0 saturated heterocycles. The van der Waals surface area contributed by atoms with Gasteiger partial charge in [-0.15, -0.1) is 11.6 Å². The van der Waals surface area contributed by atoms with Gasteiger partial charge >= 0.3 is 0 Å². The smallest absolute Gasteiger partial charge is 0.213 e. The molecule has 0 fully saturated rings. The Hall–Kier alpha value is -2.39. The molecule has 100 valence electrons. The predicted molar refractivity (Wildman–Crippen MR) is 72.0 cm³/mol. The Balaban J connectivity index is 2.00. The minimum absolute atomic E-state index is 0.308. The highest BCUT2D eigenvalue weighted by molar-refractivity contribution is 6.16. The molecule has 0 bridgehead atoms. The molecule has 20 heavy (non-hydrogen) atoms. The number of fused-ring (bicyclic) bond motifs is 1. The van der Waals surface area contributed by atoms with Crippen LogP contribution >= 0.6 is 11.6 Å². The summed E-state index contributed by atoms with van der Waals surface area (Å²) >= 11 is 5.94. The standard InChI is InChI=1S/C13H10ClN5O/c14-6-13-17-10-2-1-9(7-15)5-11(10)19(13)4-3-12-16-8-20-18-12/h1-2,5,8H,3-4,6H2. The molecule has 0 aliphatic heterocycles. The van der Waals surface area contributed by atoms with Gasteiger partial charge < -0.3 is 9.09 Å². The van der Waals surface area contributed by atoms with Crippen LogP contribution in [-0.4, -0.2) is 19.7 Å². The summed E-state index contributed by atoms with van der Waals surface area (Å²) in [6.07, 6.45) is 1.92. The van der Waals surface area contributed by atoms with E-state index >= 15 is 0 Å². The van der Waals surface area contributed by atoms with Gasteiger partial charge in [-0.25, -0.2) is 4.98 Å². The molecule has 0 amide bonds. The van der Waals surface area contributed by atoms with Gasteiger partial charge in [0.2, 0.25) is 6.39 Å². The molecule has 0 N–H and O–H groups in total. The summed E-state index contributed by atoms with van der Waals surface area (Å²) in [6.45, 7) is 0.632. The Morgan fingerprint density at radius 3 is 3.00 bits per heavy atom. The van der Waals surface area contributed by atoms with E-state index in [9.17, 15) is 0 Å². The van der Waals surface area contributed by atoms with Gasteiger partial charge in [-0.05, 0) is 18.2 Å². The zero-order valence-corrected chi connectivity index (χ0v) is 11.2. The molecule has 0 spiro atoms. The van der Waals surface area contributed by atoms with Gasteiger partial charge in [0.05, 0.1) is 28.5 Å². The van der Waals surface area contributed by atoms with E-state index in [0.29, 0.717) is 30.2 Å². The lowest BCUT2D eigenvalue weighted by molar-refractivity contribution is 0.408. The van der Waals surface area contributed by atoms with Crippen LogP contribution in [-0.2, 0) is 18.8 Å². The monoisotopic (exact) mass is 287 g/mol. The van der Waals surface area contributed by atoms with Crippen LogP contribution in [0, 0.1) is 11.3 Å². The van der Waals surface area contributed by atoms with E-state index < -0.39 is 0 Å². The average Bonchev–Trinajstić information content (AvgIpc) is 3.11. The maximum atomic E-state index is 8.99. The number of aromatic nitrogens is 4. The molecule has 6 nitrogen and oxygen atoms in total. The van der Waals surface area contributed by atoms with Crippen molar-refractivity contribution in [2.45, 2.75) is 18.8 Å². The van der Waals surface area contributed by atoms with Crippen LogP contribution < -0.4 is 0 Å². The first kappa shape index (κ1) is 12.6. The highest BCUT2D eigenvalue weighted by Crippen LogP contribution is 2.19. The van der Waals surface area contributed by atoms with Crippen LogP contribution in [0.5, 0.6) is 0 Å². The first-order valence-corrected chi connectivity index (χ1v) is 6.55. The summed E-state index contributed by atoms with van der Waals surface area (Å²) in [5, 5.41) is 12.8. The minimum Gasteiger partial charge on any atom is -0.343 e.